The largest absolute Gasteiger partial charge is 0.492 e. The Hall–Kier alpha value is -2.58. The van der Waals surface area contributed by atoms with Gasteiger partial charge in [-0.3, -0.25) is 4.79 Å². The number of rotatable bonds is 9. The molecule has 0 bridgehead atoms. The highest BCUT2D eigenvalue weighted by Gasteiger charge is 2.12. The van der Waals surface area contributed by atoms with Gasteiger partial charge >= 0.3 is 0 Å². The molecule has 0 aliphatic heterocycles. The van der Waals surface area contributed by atoms with Crippen LogP contribution in [-0.4, -0.2) is 28.5 Å². The van der Waals surface area contributed by atoms with E-state index in [1.54, 1.807) is 0 Å². The van der Waals surface area contributed by atoms with E-state index in [1.807, 2.05) is 68.4 Å². The lowest BCUT2D eigenvalue weighted by Crippen LogP contribution is -2.28. The van der Waals surface area contributed by atoms with Crippen molar-refractivity contribution in [3.05, 3.63) is 60.2 Å². The van der Waals surface area contributed by atoms with Crippen LogP contribution < -0.4 is 15.4 Å². The number of hydrogen-bond acceptors (Lipinski definition) is 7. The molecule has 0 unspecified atom stereocenters. The molecule has 6 nitrogen and oxygen atoms in total. The fraction of sp³-hybridized carbons (Fsp3) is 0.250. The number of nitrogens with one attached hydrogen (secondary N) is 2. The lowest BCUT2D eigenvalue weighted by molar-refractivity contribution is -0.119. The van der Waals surface area contributed by atoms with Crippen LogP contribution in [0.4, 0.5) is 10.8 Å². The molecule has 2 aromatic carbocycles. The first-order valence-corrected chi connectivity index (χ1v) is 10.8. The molecule has 2 N–H and O–H groups in total. The Bertz CT molecular complexity index is 902. The lowest BCUT2D eigenvalue weighted by Gasteiger charge is -2.13. The SMILES string of the molecule is CCOc1ccccc1Nc1nnc(SCC(=O)N[C@@H](C)c2ccccc2)s1. The van der Waals surface area contributed by atoms with Crippen molar-refractivity contribution < 1.29 is 9.53 Å². The zero-order valence-electron chi connectivity index (χ0n) is 15.7. The number of thioether (sulfide) groups is 1. The van der Waals surface area contributed by atoms with E-state index in [0.717, 1.165) is 21.3 Å². The van der Waals surface area contributed by atoms with Gasteiger partial charge in [0.05, 0.1) is 24.1 Å². The molecule has 0 saturated heterocycles. The van der Waals surface area contributed by atoms with Gasteiger partial charge < -0.3 is 15.4 Å². The number of anilines is 2. The smallest absolute Gasteiger partial charge is 0.230 e. The van der Waals surface area contributed by atoms with Gasteiger partial charge in [0, 0.05) is 0 Å². The first kappa shape index (κ1) is 20.2. The van der Waals surface area contributed by atoms with Crippen molar-refractivity contribution in [2.75, 3.05) is 17.7 Å². The number of carbonyl (C=O) groups is 1. The highest BCUT2D eigenvalue weighted by molar-refractivity contribution is 8.01. The van der Waals surface area contributed by atoms with E-state index in [1.165, 1.54) is 23.1 Å². The quantitative estimate of drug-likeness (QED) is 0.497. The second-order valence-electron chi connectivity index (χ2n) is 5.92. The van der Waals surface area contributed by atoms with Gasteiger partial charge in [0.15, 0.2) is 4.34 Å². The molecule has 1 aromatic heterocycles. The molecule has 3 aromatic rings. The summed E-state index contributed by atoms with van der Waals surface area (Å²) in [5.41, 5.74) is 1.92. The fourth-order valence-corrected chi connectivity index (χ4v) is 4.10. The third-order valence-corrected chi connectivity index (χ3v) is 5.81. The predicted octanol–water partition coefficient (Wildman–Crippen LogP) is 4.65. The van der Waals surface area contributed by atoms with Crippen LogP contribution in [0.5, 0.6) is 5.75 Å². The molecular formula is C20H22N4O2S2. The lowest BCUT2D eigenvalue weighted by atomic mass is 10.1. The Balaban J connectivity index is 1.51. The molecule has 0 radical (unpaired) electrons. The Morgan fingerprint density at radius 2 is 1.89 bits per heavy atom. The molecule has 0 aliphatic rings. The molecule has 1 amide bonds. The summed E-state index contributed by atoms with van der Waals surface area (Å²) in [6.07, 6.45) is 0. The molecule has 28 heavy (non-hydrogen) atoms. The molecule has 1 atom stereocenters. The summed E-state index contributed by atoms with van der Waals surface area (Å²) in [4.78, 5) is 12.2. The van der Waals surface area contributed by atoms with Gasteiger partial charge in [-0.2, -0.15) is 0 Å². The minimum Gasteiger partial charge on any atom is -0.492 e. The van der Waals surface area contributed by atoms with E-state index in [0.29, 0.717) is 17.5 Å². The molecule has 8 heteroatoms. The van der Waals surface area contributed by atoms with Crippen LogP contribution in [-0.2, 0) is 4.79 Å². The number of benzene rings is 2. The highest BCUT2D eigenvalue weighted by atomic mass is 32.2. The number of para-hydroxylation sites is 2. The maximum atomic E-state index is 12.2. The molecule has 0 aliphatic carbocycles. The van der Waals surface area contributed by atoms with Crippen molar-refractivity contribution in [2.45, 2.75) is 24.2 Å². The number of aromatic nitrogens is 2. The second kappa shape index (κ2) is 10.1. The third kappa shape index (κ3) is 5.71. The summed E-state index contributed by atoms with van der Waals surface area (Å²) < 4.78 is 6.34. The van der Waals surface area contributed by atoms with Crippen molar-refractivity contribution >= 4 is 39.8 Å². The van der Waals surface area contributed by atoms with E-state index in [2.05, 4.69) is 20.8 Å². The number of amides is 1. The van der Waals surface area contributed by atoms with Crippen LogP contribution in [0.1, 0.15) is 25.5 Å². The van der Waals surface area contributed by atoms with Crippen LogP contribution in [0, 0.1) is 0 Å². The van der Waals surface area contributed by atoms with Gasteiger partial charge in [0.1, 0.15) is 5.75 Å². The Morgan fingerprint density at radius 1 is 1.14 bits per heavy atom. The molecule has 3 rings (SSSR count). The standard InChI is InChI=1S/C20H22N4O2S2/c1-3-26-17-12-8-7-11-16(17)22-19-23-24-20(28-19)27-13-18(25)21-14(2)15-9-5-4-6-10-15/h4-12,14H,3,13H2,1-2H3,(H,21,25)(H,22,23)/t14-/m0/s1. The summed E-state index contributed by atoms with van der Waals surface area (Å²) in [6, 6.07) is 17.5. The van der Waals surface area contributed by atoms with Crippen molar-refractivity contribution in [3.63, 3.8) is 0 Å². The summed E-state index contributed by atoms with van der Waals surface area (Å²) in [5.74, 6) is 1.03. The van der Waals surface area contributed by atoms with Crippen molar-refractivity contribution in [1.29, 1.82) is 0 Å². The first-order valence-electron chi connectivity index (χ1n) is 8.95. The zero-order chi connectivity index (χ0) is 19.8. The van der Waals surface area contributed by atoms with Crippen LogP contribution >= 0.6 is 23.1 Å². The molecule has 0 spiro atoms. The minimum atomic E-state index is -0.0345. The molecule has 0 saturated carbocycles. The first-order chi connectivity index (χ1) is 13.7. The van der Waals surface area contributed by atoms with E-state index in [9.17, 15) is 4.79 Å². The van der Waals surface area contributed by atoms with Gasteiger partial charge in [-0.25, -0.2) is 0 Å². The van der Waals surface area contributed by atoms with E-state index >= 15 is 0 Å². The van der Waals surface area contributed by atoms with Crippen LogP contribution in [0.25, 0.3) is 0 Å². The molecule has 1 heterocycles. The average molecular weight is 415 g/mol. The van der Waals surface area contributed by atoms with Gasteiger partial charge in [0.2, 0.25) is 11.0 Å². The third-order valence-electron chi connectivity index (χ3n) is 3.84. The molecular weight excluding hydrogens is 392 g/mol. The van der Waals surface area contributed by atoms with Gasteiger partial charge in [-0.15, -0.1) is 10.2 Å². The maximum Gasteiger partial charge on any atom is 0.230 e. The predicted molar refractivity (Wildman–Crippen MR) is 115 cm³/mol. The van der Waals surface area contributed by atoms with E-state index in [4.69, 9.17) is 4.74 Å². The minimum absolute atomic E-state index is 0.0315. The van der Waals surface area contributed by atoms with Gasteiger partial charge in [0.25, 0.3) is 0 Å². The second-order valence-corrected chi connectivity index (χ2v) is 8.12. The summed E-state index contributed by atoms with van der Waals surface area (Å²) >= 11 is 2.78. The summed E-state index contributed by atoms with van der Waals surface area (Å²) in [7, 11) is 0. The van der Waals surface area contributed by atoms with E-state index < -0.39 is 0 Å². The van der Waals surface area contributed by atoms with E-state index in [-0.39, 0.29) is 11.9 Å². The van der Waals surface area contributed by atoms with Gasteiger partial charge in [-0.1, -0.05) is 65.6 Å². The Kier molecular flexibility index (Phi) is 7.27. The van der Waals surface area contributed by atoms with Crippen molar-refractivity contribution in [3.8, 4) is 5.75 Å². The number of nitrogens with zero attached hydrogens (tertiary/aromatic N) is 2. The number of ether oxygens (including phenoxy) is 1. The van der Waals surface area contributed by atoms with Crippen molar-refractivity contribution in [1.82, 2.24) is 15.5 Å². The Morgan fingerprint density at radius 3 is 2.68 bits per heavy atom. The van der Waals surface area contributed by atoms with Crippen LogP contribution in [0.15, 0.2) is 58.9 Å². The summed E-state index contributed by atoms with van der Waals surface area (Å²) in [6.45, 7) is 4.51. The Labute approximate surface area is 172 Å². The molecule has 146 valence electrons. The number of carbonyl (C=O) groups excluding carboxylic acids is 1. The maximum absolute atomic E-state index is 12.2. The van der Waals surface area contributed by atoms with Crippen LogP contribution in [0.2, 0.25) is 0 Å². The summed E-state index contributed by atoms with van der Waals surface area (Å²) in [5, 5.41) is 15.2. The number of hydrogen-bond donors (Lipinski definition) is 2. The van der Waals surface area contributed by atoms with Crippen LogP contribution in [0.3, 0.4) is 0 Å². The molecule has 0 fully saturated rings. The highest BCUT2D eigenvalue weighted by Crippen LogP contribution is 2.31. The fourth-order valence-electron chi connectivity index (χ4n) is 2.52. The zero-order valence-corrected chi connectivity index (χ0v) is 17.3. The average Bonchev–Trinajstić information content (AvgIpc) is 3.16. The normalized spacial score (nSPS) is 11.6. The topological polar surface area (TPSA) is 76.1 Å². The monoisotopic (exact) mass is 414 g/mol. The van der Waals surface area contributed by atoms with Crippen molar-refractivity contribution in [2.24, 2.45) is 0 Å². The van der Waals surface area contributed by atoms with Gasteiger partial charge in [-0.05, 0) is 31.5 Å².